The molecule has 2 atom stereocenters. The molecule has 0 radical (unpaired) electrons. The third-order valence-electron chi connectivity index (χ3n) is 4.79. The van der Waals surface area contributed by atoms with Crippen molar-refractivity contribution in [2.45, 2.75) is 38.5 Å². The first-order chi connectivity index (χ1) is 10.4. The van der Waals surface area contributed by atoms with E-state index in [1.54, 1.807) is 13.8 Å². The van der Waals surface area contributed by atoms with Gasteiger partial charge in [0.25, 0.3) is 0 Å². The average Bonchev–Trinajstić information content (AvgIpc) is 2.96. The molecule has 1 aromatic carbocycles. The highest BCUT2D eigenvalue weighted by atomic mass is 16.2. The van der Waals surface area contributed by atoms with Crippen LogP contribution in [0, 0.1) is 11.8 Å². The fourth-order valence-electron chi connectivity index (χ4n) is 3.01. The summed E-state index contributed by atoms with van der Waals surface area (Å²) in [4.78, 5) is 23.8. The van der Waals surface area contributed by atoms with E-state index in [1.165, 1.54) is 0 Å². The summed E-state index contributed by atoms with van der Waals surface area (Å²) < 4.78 is 0. The molecule has 0 bridgehead atoms. The van der Waals surface area contributed by atoms with Crippen molar-refractivity contribution in [2.24, 2.45) is 23.3 Å². The van der Waals surface area contributed by atoms with Crippen LogP contribution in [0.5, 0.6) is 0 Å². The van der Waals surface area contributed by atoms with Gasteiger partial charge in [-0.15, -0.1) is 0 Å². The van der Waals surface area contributed by atoms with Gasteiger partial charge in [-0.2, -0.15) is 0 Å². The topological polar surface area (TPSA) is 98.2 Å². The summed E-state index contributed by atoms with van der Waals surface area (Å²) in [5.41, 5.74) is 12.0. The molecule has 0 heterocycles. The Morgan fingerprint density at radius 2 is 1.86 bits per heavy atom. The molecule has 1 aliphatic rings. The normalized spacial score (nSPS) is 21.6. The predicted molar refractivity (Wildman–Crippen MR) is 87.2 cm³/mol. The number of primary amides is 1. The second kappa shape index (κ2) is 6.48. The first kappa shape index (κ1) is 16.5. The van der Waals surface area contributed by atoms with Gasteiger partial charge in [0.05, 0.1) is 5.41 Å². The number of carbonyl (C=O) groups excluding carboxylic acids is 2. The molecule has 2 amide bonds. The van der Waals surface area contributed by atoms with Crippen LogP contribution in [0.3, 0.4) is 0 Å². The molecular weight excluding hydrogens is 278 g/mol. The van der Waals surface area contributed by atoms with E-state index in [0.29, 0.717) is 6.54 Å². The van der Waals surface area contributed by atoms with Gasteiger partial charge in [-0.25, -0.2) is 0 Å². The molecule has 1 aliphatic carbocycles. The summed E-state index contributed by atoms with van der Waals surface area (Å²) in [6, 6.07) is 7.28. The van der Waals surface area contributed by atoms with Gasteiger partial charge in [0.1, 0.15) is 0 Å². The maximum Gasteiger partial charge on any atom is 0.227 e. The predicted octanol–water partition coefficient (Wildman–Crippen LogP) is 1.76. The zero-order valence-electron chi connectivity index (χ0n) is 13.3. The van der Waals surface area contributed by atoms with Crippen LogP contribution < -0.4 is 16.8 Å². The maximum atomic E-state index is 12.3. The lowest BCUT2D eigenvalue weighted by Gasteiger charge is -2.21. The average molecular weight is 303 g/mol. The third kappa shape index (κ3) is 3.30. The molecule has 2 rings (SSSR count). The second-order valence-corrected chi connectivity index (χ2v) is 6.59. The van der Waals surface area contributed by atoms with Gasteiger partial charge in [-0.1, -0.05) is 18.6 Å². The lowest BCUT2D eigenvalue weighted by molar-refractivity contribution is -0.122. The number of rotatable bonds is 5. The molecule has 0 spiro atoms. The highest BCUT2D eigenvalue weighted by Gasteiger charge is 2.32. The van der Waals surface area contributed by atoms with Crippen LogP contribution in [0.4, 0.5) is 5.69 Å². The molecule has 5 heteroatoms. The molecular formula is C17H25N3O2. The maximum absolute atomic E-state index is 12.3. The van der Waals surface area contributed by atoms with Crippen LogP contribution in [0.25, 0.3) is 0 Å². The van der Waals surface area contributed by atoms with E-state index in [-0.39, 0.29) is 23.7 Å². The summed E-state index contributed by atoms with van der Waals surface area (Å²) in [7, 11) is 0. The monoisotopic (exact) mass is 303 g/mol. The number of hydrogen-bond donors (Lipinski definition) is 3. The van der Waals surface area contributed by atoms with Crippen molar-refractivity contribution >= 4 is 17.5 Å². The van der Waals surface area contributed by atoms with Crippen molar-refractivity contribution in [1.82, 2.24) is 0 Å². The van der Waals surface area contributed by atoms with E-state index in [9.17, 15) is 9.59 Å². The molecule has 0 aromatic heterocycles. The van der Waals surface area contributed by atoms with Crippen molar-refractivity contribution < 1.29 is 9.59 Å². The van der Waals surface area contributed by atoms with Crippen molar-refractivity contribution in [3.63, 3.8) is 0 Å². The minimum absolute atomic E-state index is 0.00624. The van der Waals surface area contributed by atoms with Crippen LogP contribution in [0.15, 0.2) is 24.3 Å². The Balaban J connectivity index is 2.05. The van der Waals surface area contributed by atoms with E-state index < -0.39 is 5.41 Å². The standard InChI is InChI=1S/C17H25N3O2/c1-17(2,16(19)22)12-6-8-13(9-7-12)20-15(21)14-5-3-4-11(14)10-18/h6-9,11,14H,3-5,10,18H2,1-2H3,(H2,19,22)(H,20,21)/t11-,14-/m1/s1. The molecule has 120 valence electrons. The summed E-state index contributed by atoms with van der Waals surface area (Å²) in [5.74, 6) is -0.0457. The van der Waals surface area contributed by atoms with E-state index >= 15 is 0 Å². The Kier molecular flexibility index (Phi) is 4.86. The van der Waals surface area contributed by atoms with Crippen LogP contribution in [-0.4, -0.2) is 18.4 Å². The molecule has 1 fully saturated rings. The van der Waals surface area contributed by atoms with Gasteiger partial charge in [0, 0.05) is 11.6 Å². The Morgan fingerprint density at radius 1 is 1.23 bits per heavy atom. The molecule has 1 saturated carbocycles. The number of nitrogens with one attached hydrogen (secondary N) is 1. The van der Waals surface area contributed by atoms with Crippen molar-refractivity contribution in [1.29, 1.82) is 0 Å². The van der Waals surface area contributed by atoms with Crippen LogP contribution in [-0.2, 0) is 15.0 Å². The van der Waals surface area contributed by atoms with E-state index in [2.05, 4.69) is 5.32 Å². The quantitative estimate of drug-likeness (QED) is 0.773. The van der Waals surface area contributed by atoms with Gasteiger partial charge in [0.2, 0.25) is 11.8 Å². The highest BCUT2D eigenvalue weighted by molar-refractivity contribution is 5.93. The third-order valence-corrected chi connectivity index (χ3v) is 4.79. The lowest BCUT2D eigenvalue weighted by Crippen LogP contribution is -2.35. The number of amides is 2. The second-order valence-electron chi connectivity index (χ2n) is 6.59. The molecule has 0 aliphatic heterocycles. The van der Waals surface area contributed by atoms with Gasteiger partial charge in [-0.3, -0.25) is 9.59 Å². The lowest BCUT2D eigenvalue weighted by atomic mass is 9.84. The molecule has 22 heavy (non-hydrogen) atoms. The number of benzene rings is 1. The zero-order chi connectivity index (χ0) is 16.3. The number of carbonyl (C=O) groups is 2. The summed E-state index contributed by atoms with van der Waals surface area (Å²) in [6.45, 7) is 4.13. The molecule has 5 nitrogen and oxygen atoms in total. The fraction of sp³-hybridized carbons (Fsp3) is 0.529. The number of nitrogens with two attached hydrogens (primary N) is 2. The van der Waals surface area contributed by atoms with E-state index in [0.717, 1.165) is 30.5 Å². The SMILES string of the molecule is CC(C)(C(N)=O)c1ccc(NC(=O)[C@@H]2CCC[C@@H]2CN)cc1. The van der Waals surface area contributed by atoms with Gasteiger partial charge in [0.15, 0.2) is 0 Å². The minimum Gasteiger partial charge on any atom is -0.369 e. The summed E-state index contributed by atoms with van der Waals surface area (Å²) in [6.07, 6.45) is 2.99. The van der Waals surface area contributed by atoms with Crippen molar-refractivity contribution in [3.05, 3.63) is 29.8 Å². The fourth-order valence-corrected chi connectivity index (χ4v) is 3.01. The molecule has 0 unspecified atom stereocenters. The van der Waals surface area contributed by atoms with Gasteiger partial charge < -0.3 is 16.8 Å². The van der Waals surface area contributed by atoms with Crippen LogP contribution >= 0.6 is 0 Å². The Hall–Kier alpha value is -1.88. The number of anilines is 1. The molecule has 0 saturated heterocycles. The van der Waals surface area contributed by atoms with Crippen LogP contribution in [0.2, 0.25) is 0 Å². The molecule has 1 aromatic rings. The van der Waals surface area contributed by atoms with Crippen molar-refractivity contribution in [2.75, 3.05) is 11.9 Å². The highest BCUT2D eigenvalue weighted by Crippen LogP contribution is 2.32. The first-order valence-corrected chi connectivity index (χ1v) is 7.77. The largest absolute Gasteiger partial charge is 0.369 e. The first-order valence-electron chi connectivity index (χ1n) is 7.77. The smallest absolute Gasteiger partial charge is 0.227 e. The zero-order valence-corrected chi connectivity index (χ0v) is 13.3. The van der Waals surface area contributed by atoms with Crippen molar-refractivity contribution in [3.8, 4) is 0 Å². The van der Waals surface area contributed by atoms with Gasteiger partial charge in [-0.05, 0) is 56.8 Å². The van der Waals surface area contributed by atoms with E-state index in [1.807, 2.05) is 24.3 Å². The van der Waals surface area contributed by atoms with Gasteiger partial charge >= 0.3 is 0 Å². The summed E-state index contributed by atoms with van der Waals surface area (Å²) in [5, 5.41) is 2.95. The molecule has 5 N–H and O–H groups in total. The van der Waals surface area contributed by atoms with E-state index in [4.69, 9.17) is 11.5 Å². The summed E-state index contributed by atoms with van der Waals surface area (Å²) >= 11 is 0. The minimum atomic E-state index is -0.724. The Labute approximate surface area is 131 Å². The number of hydrogen-bond acceptors (Lipinski definition) is 3. The van der Waals surface area contributed by atoms with Crippen LogP contribution in [0.1, 0.15) is 38.7 Å². The Bertz CT molecular complexity index is 552. The Morgan fingerprint density at radius 3 is 2.41 bits per heavy atom.